The van der Waals surface area contributed by atoms with Gasteiger partial charge in [-0.3, -0.25) is 0 Å². The van der Waals surface area contributed by atoms with Crippen LogP contribution >= 0.6 is 0 Å². The van der Waals surface area contributed by atoms with Crippen LogP contribution in [-0.4, -0.2) is 66.2 Å². The second-order valence-electron chi connectivity index (χ2n) is 5.05. The van der Waals surface area contributed by atoms with Gasteiger partial charge >= 0.3 is 12.0 Å². The number of likely N-dealkylation sites (tertiary alicyclic amines) is 1. The molecule has 0 aromatic heterocycles. The summed E-state index contributed by atoms with van der Waals surface area (Å²) in [6.07, 6.45) is 3.56. The van der Waals surface area contributed by atoms with E-state index < -0.39 is 12.0 Å². The van der Waals surface area contributed by atoms with Crippen molar-refractivity contribution in [3.8, 4) is 0 Å². The molecule has 6 nitrogen and oxygen atoms in total. The fourth-order valence-electron chi connectivity index (χ4n) is 2.21. The van der Waals surface area contributed by atoms with Gasteiger partial charge in [-0.25, -0.2) is 9.59 Å². The molecular weight excluding hydrogens is 246 g/mol. The van der Waals surface area contributed by atoms with Gasteiger partial charge in [0.2, 0.25) is 0 Å². The Morgan fingerprint density at radius 2 is 2.05 bits per heavy atom. The van der Waals surface area contributed by atoms with Crippen molar-refractivity contribution in [1.82, 2.24) is 15.1 Å². The van der Waals surface area contributed by atoms with E-state index in [1.807, 2.05) is 14.1 Å². The lowest BCUT2D eigenvalue weighted by molar-refractivity contribution is -0.139. The zero-order valence-electron chi connectivity index (χ0n) is 11.6. The van der Waals surface area contributed by atoms with Gasteiger partial charge in [0.15, 0.2) is 0 Å². The van der Waals surface area contributed by atoms with Crippen LogP contribution in [-0.2, 0) is 4.79 Å². The molecule has 2 amide bonds. The van der Waals surface area contributed by atoms with Crippen molar-refractivity contribution >= 4 is 12.0 Å². The molecule has 108 valence electrons. The van der Waals surface area contributed by atoms with Crippen LogP contribution in [0.3, 0.4) is 0 Å². The van der Waals surface area contributed by atoms with E-state index in [4.69, 9.17) is 5.11 Å². The van der Waals surface area contributed by atoms with E-state index >= 15 is 0 Å². The number of amides is 2. The zero-order valence-corrected chi connectivity index (χ0v) is 11.6. The number of carboxylic acid groups (broad SMARTS) is 1. The number of urea groups is 1. The first kappa shape index (κ1) is 15.5. The fraction of sp³-hybridized carbons (Fsp3) is 0.692. The standard InChI is InChI=1S/C13H23N3O3/c1-4-5-11(12(17)18)14-13(19)16-8-6-10(7-9-16)15(2)3/h4,10-11H,1,5-9H2,2-3H3,(H,14,19)(H,17,18). The average molecular weight is 269 g/mol. The predicted molar refractivity (Wildman–Crippen MR) is 73.1 cm³/mol. The van der Waals surface area contributed by atoms with Crippen LogP contribution in [0.5, 0.6) is 0 Å². The van der Waals surface area contributed by atoms with Gasteiger partial charge in [-0.05, 0) is 33.4 Å². The topological polar surface area (TPSA) is 72.9 Å². The summed E-state index contributed by atoms with van der Waals surface area (Å²) in [5.74, 6) is -1.03. The summed E-state index contributed by atoms with van der Waals surface area (Å²) in [5, 5.41) is 11.5. The molecule has 0 aromatic rings. The van der Waals surface area contributed by atoms with Crippen molar-refractivity contribution in [2.75, 3.05) is 27.2 Å². The van der Waals surface area contributed by atoms with Crippen LogP contribution in [0.1, 0.15) is 19.3 Å². The van der Waals surface area contributed by atoms with Gasteiger partial charge in [0, 0.05) is 19.1 Å². The smallest absolute Gasteiger partial charge is 0.326 e. The lowest BCUT2D eigenvalue weighted by Gasteiger charge is -2.35. The van der Waals surface area contributed by atoms with Gasteiger partial charge in [-0.1, -0.05) is 6.08 Å². The summed E-state index contributed by atoms with van der Waals surface area (Å²) in [7, 11) is 4.07. The van der Waals surface area contributed by atoms with Crippen LogP contribution in [0.2, 0.25) is 0 Å². The Bertz CT molecular complexity index is 336. The van der Waals surface area contributed by atoms with E-state index in [2.05, 4.69) is 16.8 Å². The Kier molecular flexibility index (Phi) is 5.82. The maximum Gasteiger partial charge on any atom is 0.326 e. The highest BCUT2D eigenvalue weighted by atomic mass is 16.4. The van der Waals surface area contributed by atoms with Gasteiger partial charge in [0.05, 0.1) is 0 Å². The van der Waals surface area contributed by atoms with E-state index in [0.29, 0.717) is 19.1 Å². The summed E-state index contributed by atoms with van der Waals surface area (Å²) in [5.41, 5.74) is 0. The number of hydrogen-bond acceptors (Lipinski definition) is 3. The number of carboxylic acids is 1. The Balaban J connectivity index is 2.46. The lowest BCUT2D eigenvalue weighted by Crippen LogP contribution is -2.51. The third-order valence-electron chi connectivity index (χ3n) is 3.48. The van der Waals surface area contributed by atoms with Crippen molar-refractivity contribution in [3.05, 3.63) is 12.7 Å². The highest BCUT2D eigenvalue weighted by Gasteiger charge is 2.26. The lowest BCUT2D eigenvalue weighted by atomic mass is 10.0. The van der Waals surface area contributed by atoms with Gasteiger partial charge in [0.25, 0.3) is 0 Å². The molecule has 1 rings (SSSR count). The quantitative estimate of drug-likeness (QED) is 0.722. The summed E-state index contributed by atoms with van der Waals surface area (Å²) in [6, 6.07) is -0.699. The Labute approximate surface area is 114 Å². The number of piperidine rings is 1. The maximum absolute atomic E-state index is 12.0. The molecular formula is C13H23N3O3. The molecule has 0 bridgehead atoms. The molecule has 0 saturated carbocycles. The van der Waals surface area contributed by atoms with E-state index in [1.165, 1.54) is 6.08 Å². The summed E-state index contributed by atoms with van der Waals surface area (Å²) in [6.45, 7) is 4.82. The molecule has 1 heterocycles. The SMILES string of the molecule is C=CCC(NC(=O)N1CCC(N(C)C)CC1)C(=O)O. The predicted octanol–water partition coefficient (Wildman–Crippen LogP) is 0.751. The fourth-order valence-corrected chi connectivity index (χ4v) is 2.21. The normalized spacial score (nSPS) is 18.2. The highest BCUT2D eigenvalue weighted by molar-refractivity contribution is 5.82. The van der Waals surface area contributed by atoms with E-state index in [9.17, 15) is 9.59 Å². The second kappa shape index (κ2) is 7.13. The minimum Gasteiger partial charge on any atom is -0.480 e. The number of hydrogen-bond donors (Lipinski definition) is 2. The first-order chi connectivity index (χ1) is 8.95. The van der Waals surface area contributed by atoms with Gasteiger partial charge in [-0.2, -0.15) is 0 Å². The molecule has 0 radical (unpaired) electrons. The minimum atomic E-state index is -1.03. The summed E-state index contributed by atoms with van der Waals surface area (Å²) in [4.78, 5) is 26.8. The first-order valence-electron chi connectivity index (χ1n) is 6.51. The molecule has 1 aliphatic rings. The van der Waals surface area contributed by atoms with Gasteiger partial charge in [-0.15, -0.1) is 6.58 Å². The number of aliphatic carboxylic acids is 1. The largest absolute Gasteiger partial charge is 0.480 e. The minimum absolute atomic E-state index is 0.231. The molecule has 1 fully saturated rings. The molecule has 19 heavy (non-hydrogen) atoms. The third kappa shape index (κ3) is 4.55. The van der Waals surface area contributed by atoms with Crippen molar-refractivity contribution < 1.29 is 14.7 Å². The van der Waals surface area contributed by atoms with Crippen LogP contribution in [0.25, 0.3) is 0 Å². The summed E-state index contributed by atoms with van der Waals surface area (Å²) < 4.78 is 0. The Hall–Kier alpha value is -1.56. The summed E-state index contributed by atoms with van der Waals surface area (Å²) >= 11 is 0. The van der Waals surface area contributed by atoms with Crippen molar-refractivity contribution in [3.63, 3.8) is 0 Å². The molecule has 0 aromatic carbocycles. The van der Waals surface area contributed by atoms with Crippen LogP contribution < -0.4 is 5.32 Å². The molecule has 1 saturated heterocycles. The first-order valence-corrected chi connectivity index (χ1v) is 6.51. The van der Waals surface area contributed by atoms with E-state index in [-0.39, 0.29) is 12.5 Å². The van der Waals surface area contributed by atoms with Crippen molar-refractivity contribution in [2.45, 2.75) is 31.3 Å². The van der Waals surface area contributed by atoms with Crippen LogP contribution in [0.4, 0.5) is 4.79 Å². The average Bonchev–Trinajstić information content (AvgIpc) is 2.38. The second-order valence-corrected chi connectivity index (χ2v) is 5.05. The molecule has 0 spiro atoms. The number of carbonyl (C=O) groups is 2. The van der Waals surface area contributed by atoms with Gasteiger partial charge < -0.3 is 20.2 Å². The molecule has 6 heteroatoms. The van der Waals surface area contributed by atoms with Crippen molar-refractivity contribution in [2.24, 2.45) is 0 Å². The van der Waals surface area contributed by atoms with Crippen LogP contribution in [0.15, 0.2) is 12.7 Å². The zero-order chi connectivity index (χ0) is 14.4. The van der Waals surface area contributed by atoms with E-state index in [1.54, 1.807) is 4.90 Å². The van der Waals surface area contributed by atoms with Crippen LogP contribution in [0, 0.1) is 0 Å². The highest BCUT2D eigenvalue weighted by Crippen LogP contribution is 2.14. The molecule has 1 aliphatic heterocycles. The van der Waals surface area contributed by atoms with E-state index in [0.717, 1.165) is 12.8 Å². The number of rotatable bonds is 5. The van der Waals surface area contributed by atoms with Gasteiger partial charge in [0.1, 0.15) is 6.04 Å². The third-order valence-corrected chi connectivity index (χ3v) is 3.48. The number of nitrogens with zero attached hydrogens (tertiary/aromatic N) is 2. The maximum atomic E-state index is 12.0. The monoisotopic (exact) mass is 269 g/mol. The number of carbonyl (C=O) groups excluding carboxylic acids is 1. The molecule has 0 aliphatic carbocycles. The molecule has 1 atom stereocenters. The molecule has 2 N–H and O–H groups in total. The Morgan fingerprint density at radius 3 is 2.47 bits per heavy atom. The number of nitrogens with one attached hydrogen (secondary N) is 1. The molecule has 1 unspecified atom stereocenters. The van der Waals surface area contributed by atoms with Crippen molar-refractivity contribution in [1.29, 1.82) is 0 Å². The Morgan fingerprint density at radius 1 is 1.47 bits per heavy atom.